The van der Waals surface area contributed by atoms with Gasteiger partial charge in [-0.25, -0.2) is 0 Å². The monoisotopic (exact) mass is 241 g/mol. The van der Waals surface area contributed by atoms with Crippen LogP contribution in [0.3, 0.4) is 0 Å². The van der Waals surface area contributed by atoms with E-state index in [2.05, 4.69) is 43.6 Å². The summed E-state index contributed by atoms with van der Waals surface area (Å²) in [5, 5.41) is 15.4. The van der Waals surface area contributed by atoms with E-state index in [0.29, 0.717) is 6.04 Å². The van der Waals surface area contributed by atoms with E-state index in [1.54, 1.807) is 11.3 Å². The molecule has 1 aromatic heterocycles. The minimum atomic E-state index is -0.277. The van der Waals surface area contributed by atoms with Gasteiger partial charge in [-0.15, -0.1) is 11.3 Å². The Labute approximate surface area is 103 Å². The van der Waals surface area contributed by atoms with Crippen molar-refractivity contribution < 1.29 is 5.11 Å². The van der Waals surface area contributed by atoms with Crippen LogP contribution in [-0.2, 0) is 0 Å². The number of rotatable bonds is 6. The van der Waals surface area contributed by atoms with E-state index in [1.165, 1.54) is 4.88 Å². The van der Waals surface area contributed by atoms with E-state index in [9.17, 15) is 5.11 Å². The highest BCUT2D eigenvalue weighted by Crippen LogP contribution is 2.26. The Bertz CT molecular complexity index is 297. The number of thiophene rings is 1. The maximum atomic E-state index is 9.78. The molecule has 0 aliphatic carbocycles. The predicted molar refractivity (Wildman–Crippen MR) is 70.8 cm³/mol. The third-order valence-electron chi connectivity index (χ3n) is 3.60. The summed E-state index contributed by atoms with van der Waals surface area (Å²) in [6.45, 7) is 9.15. The van der Waals surface area contributed by atoms with Gasteiger partial charge in [-0.2, -0.15) is 0 Å². The van der Waals surface area contributed by atoms with Crippen molar-refractivity contribution in [1.82, 2.24) is 5.32 Å². The fourth-order valence-corrected chi connectivity index (χ4v) is 2.35. The lowest BCUT2D eigenvalue weighted by Crippen LogP contribution is -2.40. The Kier molecular flexibility index (Phi) is 4.96. The van der Waals surface area contributed by atoms with Gasteiger partial charge in [0.05, 0.1) is 6.10 Å². The molecule has 0 aromatic carbocycles. The first-order valence-corrected chi connectivity index (χ1v) is 6.82. The molecule has 2 N–H and O–H groups in total. The fraction of sp³-hybridized carbons (Fsp3) is 0.692. The second-order valence-corrected chi connectivity index (χ2v) is 5.78. The molecule has 92 valence electrons. The van der Waals surface area contributed by atoms with Crippen molar-refractivity contribution in [3.8, 4) is 0 Å². The lowest BCUT2D eigenvalue weighted by molar-refractivity contribution is 0.0474. The zero-order valence-corrected chi connectivity index (χ0v) is 11.5. The minimum absolute atomic E-state index is 0.0362. The van der Waals surface area contributed by atoms with E-state index >= 15 is 0 Å². The number of aliphatic hydroxyl groups is 1. The molecule has 1 aromatic rings. The highest BCUT2D eigenvalue weighted by atomic mass is 32.1. The smallest absolute Gasteiger partial charge is 0.0577 e. The number of hydrogen-bond acceptors (Lipinski definition) is 3. The zero-order chi connectivity index (χ0) is 12.2. The molecule has 2 nitrogen and oxygen atoms in total. The molecule has 0 spiro atoms. The molecule has 0 aliphatic heterocycles. The van der Waals surface area contributed by atoms with Crippen LogP contribution in [0.25, 0.3) is 0 Å². The molecule has 0 radical (unpaired) electrons. The van der Waals surface area contributed by atoms with Gasteiger partial charge in [0.25, 0.3) is 0 Å². The number of aliphatic hydroxyl groups excluding tert-OH is 1. The predicted octanol–water partition coefficient (Wildman–Crippen LogP) is 3.20. The first kappa shape index (κ1) is 13.7. The second kappa shape index (κ2) is 5.80. The summed E-state index contributed by atoms with van der Waals surface area (Å²) >= 11 is 1.77. The molecule has 3 unspecified atom stereocenters. The Balaban J connectivity index is 2.50. The van der Waals surface area contributed by atoms with Crippen LogP contribution in [0, 0.1) is 5.41 Å². The lowest BCUT2D eigenvalue weighted by Gasteiger charge is -2.33. The fourth-order valence-electron chi connectivity index (χ4n) is 1.59. The molecule has 0 amide bonds. The second-order valence-electron chi connectivity index (χ2n) is 4.80. The van der Waals surface area contributed by atoms with E-state index in [-0.39, 0.29) is 11.5 Å². The van der Waals surface area contributed by atoms with Gasteiger partial charge in [-0.3, -0.25) is 0 Å². The van der Waals surface area contributed by atoms with Crippen molar-refractivity contribution in [3.05, 3.63) is 22.4 Å². The largest absolute Gasteiger partial charge is 0.393 e. The topological polar surface area (TPSA) is 32.3 Å². The van der Waals surface area contributed by atoms with Crippen LogP contribution < -0.4 is 5.32 Å². The summed E-state index contributed by atoms with van der Waals surface area (Å²) in [5.41, 5.74) is -0.0362. The van der Waals surface area contributed by atoms with Gasteiger partial charge in [-0.1, -0.05) is 19.9 Å². The number of nitrogens with one attached hydrogen (secondary N) is 1. The molecule has 1 rings (SSSR count). The van der Waals surface area contributed by atoms with E-state index in [1.807, 2.05) is 6.92 Å². The zero-order valence-electron chi connectivity index (χ0n) is 10.7. The Hall–Kier alpha value is -0.380. The Morgan fingerprint density at radius 1 is 1.50 bits per heavy atom. The molecule has 3 atom stereocenters. The first-order chi connectivity index (χ1) is 7.49. The van der Waals surface area contributed by atoms with Crippen molar-refractivity contribution in [1.29, 1.82) is 0 Å². The van der Waals surface area contributed by atoms with E-state index < -0.39 is 0 Å². The van der Waals surface area contributed by atoms with Gasteiger partial charge in [0.2, 0.25) is 0 Å². The minimum Gasteiger partial charge on any atom is -0.393 e. The van der Waals surface area contributed by atoms with Crippen LogP contribution in [0.5, 0.6) is 0 Å². The van der Waals surface area contributed by atoms with Crippen molar-refractivity contribution in [2.45, 2.75) is 46.3 Å². The summed E-state index contributed by atoms with van der Waals surface area (Å²) in [6.07, 6.45) is 0.704. The van der Waals surface area contributed by atoms with Crippen LogP contribution in [0.4, 0.5) is 0 Å². The summed E-state index contributed by atoms with van der Waals surface area (Å²) < 4.78 is 0. The Morgan fingerprint density at radius 3 is 2.62 bits per heavy atom. The molecular weight excluding hydrogens is 218 g/mol. The number of hydrogen-bond donors (Lipinski definition) is 2. The average molecular weight is 241 g/mol. The van der Waals surface area contributed by atoms with E-state index in [0.717, 1.165) is 13.0 Å². The van der Waals surface area contributed by atoms with Crippen molar-refractivity contribution in [2.75, 3.05) is 6.54 Å². The van der Waals surface area contributed by atoms with Crippen LogP contribution in [0.2, 0.25) is 0 Å². The molecule has 16 heavy (non-hydrogen) atoms. The standard InChI is InChI=1S/C13H23NOS/c1-5-13(4,11(3)15)9-14-10(2)12-7-6-8-16-12/h6-8,10-11,14-15H,5,9H2,1-4H3. The highest BCUT2D eigenvalue weighted by molar-refractivity contribution is 7.10. The summed E-state index contributed by atoms with van der Waals surface area (Å²) in [6, 6.07) is 4.59. The molecule has 0 fully saturated rings. The van der Waals surface area contributed by atoms with Gasteiger partial charge < -0.3 is 10.4 Å². The quantitative estimate of drug-likeness (QED) is 0.801. The molecule has 0 bridgehead atoms. The van der Waals surface area contributed by atoms with Crippen molar-refractivity contribution in [2.24, 2.45) is 5.41 Å². The summed E-state index contributed by atoms with van der Waals surface area (Å²) in [4.78, 5) is 1.35. The summed E-state index contributed by atoms with van der Waals surface area (Å²) in [7, 11) is 0. The van der Waals surface area contributed by atoms with Crippen LogP contribution in [-0.4, -0.2) is 17.8 Å². The first-order valence-electron chi connectivity index (χ1n) is 5.94. The Morgan fingerprint density at radius 2 is 2.19 bits per heavy atom. The molecular formula is C13H23NOS. The van der Waals surface area contributed by atoms with Gasteiger partial charge in [0, 0.05) is 22.9 Å². The van der Waals surface area contributed by atoms with Gasteiger partial charge in [0.1, 0.15) is 0 Å². The molecule has 1 heterocycles. The summed E-state index contributed by atoms with van der Waals surface area (Å²) in [5.74, 6) is 0. The lowest BCUT2D eigenvalue weighted by atomic mass is 9.82. The maximum absolute atomic E-state index is 9.78. The van der Waals surface area contributed by atoms with Crippen LogP contribution in [0.1, 0.15) is 45.0 Å². The molecule has 3 heteroatoms. The third-order valence-corrected chi connectivity index (χ3v) is 4.65. The average Bonchev–Trinajstić information content (AvgIpc) is 2.78. The van der Waals surface area contributed by atoms with Gasteiger partial charge in [-0.05, 0) is 31.7 Å². The normalized spacial score (nSPS) is 19.1. The molecule has 0 aliphatic rings. The van der Waals surface area contributed by atoms with Gasteiger partial charge in [0.15, 0.2) is 0 Å². The van der Waals surface area contributed by atoms with Gasteiger partial charge >= 0.3 is 0 Å². The third kappa shape index (κ3) is 3.30. The molecule has 0 saturated carbocycles. The highest BCUT2D eigenvalue weighted by Gasteiger charge is 2.28. The maximum Gasteiger partial charge on any atom is 0.0577 e. The van der Waals surface area contributed by atoms with Crippen LogP contribution >= 0.6 is 11.3 Å². The van der Waals surface area contributed by atoms with E-state index in [4.69, 9.17) is 0 Å². The van der Waals surface area contributed by atoms with Crippen molar-refractivity contribution >= 4 is 11.3 Å². The SMILES string of the molecule is CCC(C)(CNC(C)c1cccs1)C(C)O. The van der Waals surface area contributed by atoms with Crippen molar-refractivity contribution in [3.63, 3.8) is 0 Å². The molecule has 0 saturated heterocycles. The van der Waals surface area contributed by atoms with Crippen LogP contribution in [0.15, 0.2) is 17.5 Å².